The van der Waals surface area contributed by atoms with E-state index in [1.54, 1.807) is 0 Å². The Balaban J connectivity index is 1.06. The number of benzene rings is 8. The van der Waals surface area contributed by atoms with Crippen LogP contribution in [0.2, 0.25) is 0 Å². The van der Waals surface area contributed by atoms with Gasteiger partial charge in [-0.1, -0.05) is 182 Å². The molecule has 1 unspecified atom stereocenters. The van der Waals surface area contributed by atoms with Crippen LogP contribution in [-0.4, -0.2) is 11.7 Å². The zero-order chi connectivity index (χ0) is 35.1. The predicted molar refractivity (Wildman–Crippen MR) is 219 cm³/mol. The van der Waals surface area contributed by atoms with Gasteiger partial charge in [0.25, 0.3) is 0 Å². The Morgan fingerprint density at radius 2 is 0.943 bits per heavy atom. The van der Waals surface area contributed by atoms with Gasteiger partial charge in [0.1, 0.15) is 22.8 Å². The molecule has 4 nitrogen and oxygen atoms in total. The molecule has 0 aliphatic carbocycles. The molecule has 10 rings (SSSR count). The van der Waals surface area contributed by atoms with Gasteiger partial charge in [0.15, 0.2) is 6.17 Å². The highest BCUT2D eigenvalue weighted by Gasteiger charge is 2.24. The molecule has 2 heterocycles. The minimum atomic E-state index is -0.435. The molecule has 250 valence electrons. The second-order valence-corrected chi connectivity index (χ2v) is 13.4. The molecule has 0 radical (unpaired) electrons. The van der Waals surface area contributed by atoms with Crippen molar-refractivity contribution in [1.29, 1.82) is 0 Å². The summed E-state index contributed by atoms with van der Waals surface area (Å²) in [6, 6.07) is 65.7. The van der Waals surface area contributed by atoms with E-state index in [2.05, 4.69) is 157 Å². The molecule has 1 N–H and O–H groups in total. The number of fused-ring (bicyclic) bond motifs is 4. The zero-order valence-electron chi connectivity index (χ0n) is 28.8. The standard InChI is InChI=1S/C49H33N3O/c1-3-12-32(13-4-1)33-24-26-36(27-25-33)41-20-10-21-42-45-43(22-11-23-44(45)53-46(41)42)49-51-47(37-15-5-2-6-16-37)50-48(52-49)38-30-28-35(29-31-38)40-19-9-17-34-14-7-8-18-39(34)40/h1-31,48H,(H,50,51,52). The number of hydrogen-bond acceptors (Lipinski definition) is 4. The Hall–Kier alpha value is -7.04. The molecular formula is C49H33N3O. The highest BCUT2D eigenvalue weighted by atomic mass is 16.3. The maximum atomic E-state index is 6.68. The summed E-state index contributed by atoms with van der Waals surface area (Å²) in [5.41, 5.74) is 11.6. The predicted octanol–water partition coefficient (Wildman–Crippen LogP) is 12.2. The molecule has 1 aliphatic rings. The third-order valence-electron chi connectivity index (χ3n) is 10.2. The minimum Gasteiger partial charge on any atom is -0.455 e. The van der Waals surface area contributed by atoms with Crippen LogP contribution >= 0.6 is 0 Å². The van der Waals surface area contributed by atoms with Gasteiger partial charge in [-0.25, -0.2) is 9.98 Å². The van der Waals surface area contributed by atoms with Crippen LogP contribution in [0.4, 0.5) is 0 Å². The van der Waals surface area contributed by atoms with Crippen LogP contribution in [0.15, 0.2) is 202 Å². The van der Waals surface area contributed by atoms with Crippen molar-refractivity contribution in [3.63, 3.8) is 0 Å². The third-order valence-corrected chi connectivity index (χ3v) is 10.2. The van der Waals surface area contributed by atoms with Crippen molar-refractivity contribution in [2.75, 3.05) is 0 Å². The summed E-state index contributed by atoms with van der Waals surface area (Å²) in [6.45, 7) is 0. The number of nitrogens with zero attached hydrogens (tertiary/aromatic N) is 2. The molecular weight excluding hydrogens is 647 g/mol. The second-order valence-electron chi connectivity index (χ2n) is 13.4. The molecule has 0 saturated carbocycles. The summed E-state index contributed by atoms with van der Waals surface area (Å²) in [5, 5.41) is 8.15. The highest BCUT2D eigenvalue weighted by Crippen LogP contribution is 2.39. The van der Waals surface area contributed by atoms with Crippen molar-refractivity contribution in [1.82, 2.24) is 5.32 Å². The van der Waals surface area contributed by atoms with Gasteiger partial charge >= 0.3 is 0 Å². The molecule has 4 heteroatoms. The first-order valence-electron chi connectivity index (χ1n) is 17.9. The quantitative estimate of drug-likeness (QED) is 0.190. The van der Waals surface area contributed by atoms with E-state index in [4.69, 9.17) is 14.4 Å². The molecule has 0 fully saturated rings. The minimum absolute atomic E-state index is 0.435. The normalized spacial score (nSPS) is 14.2. The largest absolute Gasteiger partial charge is 0.455 e. The topological polar surface area (TPSA) is 49.9 Å². The van der Waals surface area contributed by atoms with E-state index in [1.807, 2.05) is 36.4 Å². The van der Waals surface area contributed by atoms with Crippen LogP contribution in [0, 0.1) is 0 Å². The van der Waals surface area contributed by atoms with Crippen molar-refractivity contribution in [3.05, 3.63) is 205 Å². The number of para-hydroxylation sites is 1. The summed E-state index contributed by atoms with van der Waals surface area (Å²) >= 11 is 0. The Kier molecular flexibility index (Phi) is 7.51. The number of amidine groups is 2. The van der Waals surface area contributed by atoms with Crippen LogP contribution in [0.25, 0.3) is 66.1 Å². The lowest BCUT2D eigenvalue weighted by molar-refractivity contribution is 0.670. The van der Waals surface area contributed by atoms with Crippen molar-refractivity contribution in [2.45, 2.75) is 6.17 Å². The van der Waals surface area contributed by atoms with Gasteiger partial charge in [-0.15, -0.1) is 0 Å². The van der Waals surface area contributed by atoms with E-state index >= 15 is 0 Å². The molecule has 0 spiro atoms. The Labute approximate surface area is 307 Å². The number of aliphatic imine (C=N–C) groups is 2. The van der Waals surface area contributed by atoms with Crippen LogP contribution in [0.3, 0.4) is 0 Å². The summed E-state index contributed by atoms with van der Waals surface area (Å²) in [4.78, 5) is 10.4. The van der Waals surface area contributed by atoms with E-state index < -0.39 is 6.17 Å². The van der Waals surface area contributed by atoms with Gasteiger partial charge in [0.05, 0.1) is 0 Å². The highest BCUT2D eigenvalue weighted by molar-refractivity contribution is 6.24. The number of furan rings is 1. The van der Waals surface area contributed by atoms with E-state index in [0.717, 1.165) is 67.0 Å². The number of hydrogen-bond donors (Lipinski definition) is 1. The van der Waals surface area contributed by atoms with Gasteiger partial charge in [-0.05, 0) is 50.2 Å². The van der Waals surface area contributed by atoms with E-state index in [-0.39, 0.29) is 0 Å². The molecule has 9 aromatic rings. The fourth-order valence-electron chi connectivity index (χ4n) is 7.54. The molecule has 0 bridgehead atoms. The maximum absolute atomic E-state index is 6.68. The first-order valence-corrected chi connectivity index (χ1v) is 17.9. The average molecular weight is 680 g/mol. The molecule has 0 saturated heterocycles. The fourth-order valence-corrected chi connectivity index (χ4v) is 7.54. The van der Waals surface area contributed by atoms with Crippen molar-refractivity contribution >= 4 is 44.4 Å². The van der Waals surface area contributed by atoms with Crippen LogP contribution in [0.5, 0.6) is 0 Å². The lowest BCUT2D eigenvalue weighted by Crippen LogP contribution is -2.36. The van der Waals surface area contributed by atoms with Crippen molar-refractivity contribution in [3.8, 4) is 33.4 Å². The Morgan fingerprint density at radius 1 is 0.396 bits per heavy atom. The molecule has 1 aromatic heterocycles. The van der Waals surface area contributed by atoms with E-state index in [9.17, 15) is 0 Å². The third kappa shape index (κ3) is 5.58. The molecule has 1 atom stereocenters. The lowest BCUT2D eigenvalue weighted by Gasteiger charge is -2.23. The zero-order valence-corrected chi connectivity index (χ0v) is 28.8. The Bertz CT molecular complexity index is 2830. The van der Waals surface area contributed by atoms with Gasteiger partial charge < -0.3 is 9.73 Å². The number of rotatable bonds is 6. The second kappa shape index (κ2) is 12.9. The van der Waals surface area contributed by atoms with Crippen LogP contribution < -0.4 is 5.32 Å². The number of nitrogens with one attached hydrogen (secondary N) is 1. The average Bonchev–Trinajstić information content (AvgIpc) is 3.63. The van der Waals surface area contributed by atoms with Gasteiger partial charge in [-0.3, -0.25) is 0 Å². The summed E-state index contributed by atoms with van der Waals surface area (Å²) in [7, 11) is 0. The van der Waals surface area contributed by atoms with E-state index in [0.29, 0.717) is 0 Å². The van der Waals surface area contributed by atoms with Gasteiger partial charge in [-0.2, -0.15) is 0 Å². The van der Waals surface area contributed by atoms with Gasteiger partial charge in [0, 0.05) is 27.5 Å². The first kappa shape index (κ1) is 30.8. The molecule has 53 heavy (non-hydrogen) atoms. The summed E-state index contributed by atoms with van der Waals surface area (Å²) < 4.78 is 6.68. The fraction of sp³-hybridized carbons (Fsp3) is 0.0204. The van der Waals surface area contributed by atoms with Crippen LogP contribution in [0.1, 0.15) is 22.9 Å². The molecule has 0 amide bonds. The monoisotopic (exact) mass is 679 g/mol. The van der Waals surface area contributed by atoms with Crippen molar-refractivity contribution in [2.24, 2.45) is 9.98 Å². The summed E-state index contributed by atoms with van der Waals surface area (Å²) in [5.74, 6) is 1.54. The Morgan fingerprint density at radius 3 is 1.75 bits per heavy atom. The lowest BCUT2D eigenvalue weighted by atomic mass is 9.97. The summed E-state index contributed by atoms with van der Waals surface area (Å²) in [6.07, 6.45) is -0.435. The molecule has 1 aliphatic heterocycles. The van der Waals surface area contributed by atoms with Crippen LogP contribution in [-0.2, 0) is 0 Å². The first-order chi connectivity index (χ1) is 26.3. The maximum Gasteiger partial charge on any atom is 0.169 e. The van der Waals surface area contributed by atoms with Crippen molar-refractivity contribution < 1.29 is 4.42 Å². The molecule has 8 aromatic carbocycles. The SMILES string of the molecule is c1ccc(C2=NC(c3ccc(-c4cccc5ccccc45)cc3)N=C(c3cccc4oc5c(-c6ccc(-c7ccccc7)cc6)cccc5c34)N2)cc1. The van der Waals surface area contributed by atoms with Gasteiger partial charge in [0.2, 0.25) is 0 Å². The smallest absolute Gasteiger partial charge is 0.169 e. The van der Waals surface area contributed by atoms with E-state index in [1.165, 1.54) is 27.5 Å².